The molecule has 5 nitrogen and oxygen atoms in total. The standard InChI is InChI=1S/C24H10FN3O2/c25-13-6-7-14-17(9-13)24(30)22(19(14)12(10-26)11-27)20-15-3-1-5-18(29)21(15)23-16(20)4-2-8-28-23/h1-9,29H/b22-20-. The molecule has 2 aromatic carbocycles. The number of carbonyl (C=O) groups is 1. The summed E-state index contributed by atoms with van der Waals surface area (Å²) in [5.41, 5.74) is 3.08. The van der Waals surface area contributed by atoms with E-state index in [-0.39, 0.29) is 28.0 Å². The van der Waals surface area contributed by atoms with Gasteiger partial charge < -0.3 is 5.11 Å². The number of hydrogen-bond donors (Lipinski definition) is 1. The van der Waals surface area contributed by atoms with E-state index in [1.807, 2.05) is 12.1 Å². The molecule has 0 saturated carbocycles. The second-order valence-corrected chi connectivity index (χ2v) is 6.84. The maximum absolute atomic E-state index is 13.9. The molecule has 0 radical (unpaired) electrons. The van der Waals surface area contributed by atoms with Gasteiger partial charge >= 0.3 is 0 Å². The van der Waals surface area contributed by atoms with E-state index in [2.05, 4.69) is 4.98 Å². The number of rotatable bonds is 0. The van der Waals surface area contributed by atoms with Crippen LogP contribution in [0.3, 0.4) is 0 Å². The second kappa shape index (κ2) is 6.23. The number of allylic oxidation sites excluding steroid dienone is 3. The van der Waals surface area contributed by atoms with E-state index in [0.29, 0.717) is 33.5 Å². The summed E-state index contributed by atoms with van der Waals surface area (Å²) >= 11 is 0. The van der Waals surface area contributed by atoms with Crippen molar-refractivity contribution in [2.75, 3.05) is 0 Å². The van der Waals surface area contributed by atoms with Crippen LogP contribution in [-0.2, 0) is 0 Å². The lowest BCUT2D eigenvalue weighted by Gasteiger charge is -2.09. The monoisotopic (exact) mass is 391 g/mol. The highest BCUT2D eigenvalue weighted by atomic mass is 19.1. The summed E-state index contributed by atoms with van der Waals surface area (Å²) in [6.07, 6.45) is 1.58. The van der Waals surface area contributed by atoms with Gasteiger partial charge in [-0.1, -0.05) is 24.3 Å². The van der Waals surface area contributed by atoms with Crippen LogP contribution < -0.4 is 0 Å². The third-order valence-electron chi connectivity index (χ3n) is 5.32. The average Bonchev–Trinajstić information content (AvgIpc) is 3.22. The van der Waals surface area contributed by atoms with Crippen molar-refractivity contribution >= 4 is 16.9 Å². The van der Waals surface area contributed by atoms with Gasteiger partial charge in [0.05, 0.1) is 11.3 Å². The first-order valence-corrected chi connectivity index (χ1v) is 8.98. The van der Waals surface area contributed by atoms with E-state index in [0.717, 1.165) is 6.07 Å². The molecular weight excluding hydrogens is 381 g/mol. The van der Waals surface area contributed by atoms with Crippen molar-refractivity contribution in [3.63, 3.8) is 0 Å². The molecular formula is C24H10FN3O2. The van der Waals surface area contributed by atoms with Crippen molar-refractivity contribution in [1.82, 2.24) is 4.98 Å². The number of phenols is 1. The van der Waals surface area contributed by atoms with Crippen LogP contribution in [0.4, 0.5) is 4.39 Å². The number of fused-ring (bicyclic) bond motifs is 4. The Bertz CT molecular complexity index is 1440. The number of nitrogens with zero attached hydrogens (tertiary/aromatic N) is 3. The molecule has 0 spiro atoms. The van der Waals surface area contributed by atoms with Gasteiger partial charge in [0.25, 0.3) is 0 Å². The minimum Gasteiger partial charge on any atom is -0.507 e. The molecule has 1 N–H and O–H groups in total. The van der Waals surface area contributed by atoms with Gasteiger partial charge in [-0.15, -0.1) is 0 Å². The fourth-order valence-corrected chi connectivity index (χ4v) is 4.16. The van der Waals surface area contributed by atoms with Crippen LogP contribution in [0.2, 0.25) is 0 Å². The number of phenolic OH excluding ortho intramolecular Hbond substituents is 1. The fraction of sp³-hybridized carbons (Fsp3) is 0. The van der Waals surface area contributed by atoms with Crippen molar-refractivity contribution in [1.29, 1.82) is 10.5 Å². The van der Waals surface area contributed by atoms with Crippen LogP contribution >= 0.6 is 0 Å². The third kappa shape index (κ3) is 2.19. The number of pyridine rings is 1. The summed E-state index contributed by atoms with van der Waals surface area (Å²) in [7, 11) is 0. The van der Waals surface area contributed by atoms with E-state index in [9.17, 15) is 24.8 Å². The minimum atomic E-state index is -0.588. The Hall–Kier alpha value is -4.55. The van der Waals surface area contributed by atoms with Gasteiger partial charge in [0.1, 0.15) is 29.3 Å². The highest BCUT2D eigenvalue weighted by Crippen LogP contribution is 2.52. The summed E-state index contributed by atoms with van der Waals surface area (Å²) in [5, 5.41) is 29.6. The summed E-state index contributed by atoms with van der Waals surface area (Å²) in [4.78, 5) is 17.8. The van der Waals surface area contributed by atoms with Crippen LogP contribution in [0.1, 0.15) is 27.0 Å². The number of Topliss-reactive ketones (excluding diaryl/α,β-unsaturated/α-hetero) is 1. The van der Waals surface area contributed by atoms with E-state index >= 15 is 0 Å². The van der Waals surface area contributed by atoms with Crippen molar-refractivity contribution in [3.8, 4) is 29.1 Å². The Balaban J connectivity index is 1.99. The van der Waals surface area contributed by atoms with Crippen LogP contribution in [0.5, 0.6) is 5.75 Å². The van der Waals surface area contributed by atoms with Gasteiger partial charge in [-0.2, -0.15) is 10.5 Å². The number of ketones is 1. The molecule has 0 amide bonds. The number of nitriles is 2. The topological polar surface area (TPSA) is 97.8 Å². The molecule has 0 aliphatic heterocycles. The van der Waals surface area contributed by atoms with Crippen LogP contribution in [0, 0.1) is 28.5 Å². The van der Waals surface area contributed by atoms with E-state index < -0.39 is 11.6 Å². The molecule has 2 aliphatic rings. The molecule has 0 saturated heterocycles. The van der Waals surface area contributed by atoms with Gasteiger partial charge in [0, 0.05) is 34.0 Å². The van der Waals surface area contributed by atoms with Crippen LogP contribution in [-0.4, -0.2) is 15.9 Å². The molecule has 1 heterocycles. The third-order valence-corrected chi connectivity index (χ3v) is 5.32. The Labute approximate surface area is 170 Å². The summed E-state index contributed by atoms with van der Waals surface area (Å²) in [6, 6.07) is 15.8. The van der Waals surface area contributed by atoms with Crippen molar-refractivity contribution in [2.24, 2.45) is 0 Å². The first kappa shape index (κ1) is 17.5. The molecule has 0 bridgehead atoms. The normalized spacial score (nSPS) is 15.8. The highest BCUT2D eigenvalue weighted by molar-refractivity contribution is 6.33. The Morgan fingerprint density at radius 1 is 0.933 bits per heavy atom. The quantitative estimate of drug-likeness (QED) is 0.354. The van der Waals surface area contributed by atoms with Gasteiger partial charge in [0.2, 0.25) is 0 Å². The summed E-state index contributed by atoms with van der Waals surface area (Å²) in [5.74, 6) is -1.07. The molecule has 3 aromatic rings. The maximum Gasteiger partial charge on any atom is 0.195 e. The van der Waals surface area contributed by atoms with E-state index in [1.165, 1.54) is 18.2 Å². The molecule has 2 aliphatic carbocycles. The average molecular weight is 391 g/mol. The zero-order valence-corrected chi connectivity index (χ0v) is 15.3. The number of aromatic nitrogens is 1. The number of benzene rings is 2. The first-order valence-electron chi connectivity index (χ1n) is 8.98. The van der Waals surface area contributed by atoms with Crippen LogP contribution in [0.15, 0.2) is 65.9 Å². The smallest absolute Gasteiger partial charge is 0.195 e. The van der Waals surface area contributed by atoms with Crippen molar-refractivity contribution in [2.45, 2.75) is 0 Å². The fourth-order valence-electron chi connectivity index (χ4n) is 4.16. The molecule has 30 heavy (non-hydrogen) atoms. The Morgan fingerprint density at radius 2 is 1.70 bits per heavy atom. The second-order valence-electron chi connectivity index (χ2n) is 6.84. The number of aromatic hydroxyl groups is 1. The highest BCUT2D eigenvalue weighted by Gasteiger charge is 2.39. The Kier molecular flexibility index (Phi) is 3.64. The summed E-state index contributed by atoms with van der Waals surface area (Å²) in [6.45, 7) is 0. The molecule has 0 fully saturated rings. The molecule has 0 unspecified atom stereocenters. The number of halogens is 1. The first-order chi connectivity index (χ1) is 14.6. The number of hydrogen-bond acceptors (Lipinski definition) is 5. The van der Waals surface area contributed by atoms with Gasteiger partial charge in [-0.25, -0.2) is 4.39 Å². The molecule has 140 valence electrons. The molecule has 5 rings (SSSR count). The largest absolute Gasteiger partial charge is 0.507 e. The number of carbonyl (C=O) groups excluding carboxylic acids is 1. The zero-order chi connectivity index (χ0) is 21.0. The van der Waals surface area contributed by atoms with Gasteiger partial charge in [-0.3, -0.25) is 9.78 Å². The SMILES string of the molecule is N#CC(C#N)=C1/C(=C2/c3cccnc3-c3c(O)cccc32)C(=O)c2cc(F)ccc21. The van der Waals surface area contributed by atoms with Crippen molar-refractivity contribution in [3.05, 3.63) is 93.9 Å². The predicted octanol–water partition coefficient (Wildman–Crippen LogP) is 4.41. The van der Waals surface area contributed by atoms with Gasteiger partial charge in [0.15, 0.2) is 5.78 Å². The molecule has 1 aromatic heterocycles. The summed E-state index contributed by atoms with van der Waals surface area (Å²) < 4.78 is 13.9. The van der Waals surface area contributed by atoms with Gasteiger partial charge in [-0.05, 0) is 35.4 Å². The lowest BCUT2D eigenvalue weighted by Crippen LogP contribution is -2.01. The zero-order valence-electron chi connectivity index (χ0n) is 15.3. The maximum atomic E-state index is 13.9. The van der Waals surface area contributed by atoms with E-state index in [4.69, 9.17) is 0 Å². The molecule has 0 atom stereocenters. The lowest BCUT2D eigenvalue weighted by molar-refractivity contribution is 0.104. The minimum absolute atomic E-state index is 0.00312. The van der Waals surface area contributed by atoms with Crippen LogP contribution in [0.25, 0.3) is 22.4 Å². The van der Waals surface area contributed by atoms with E-state index in [1.54, 1.807) is 30.5 Å². The van der Waals surface area contributed by atoms with Crippen molar-refractivity contribution < 1.29 is 14.3 Å². The predicted molar refractivity (Wildman–Crippen MR) is 106 cm³/mol. The lowest BCUT2D eigenvalue weighted by atomic mass is 9.91. The molecule has 6 heteroatoms. The Morgan fingerprint density at radius 3 is 2.47 bits per heavy atom.